The van der Waals surface area contributed by atoms with Crippen molar-refractivity contribution in [1.82, 2.24) is 4.90 Å². The summed E-state index contributed by atoms with van der Waals surface area (Å²) in [4.78, 5) is 13.0. The molecule has 10 heavy (non-hydrogen) atoms. The minimum absolute atomic E-state index is 0.181. The average Bonchev–Trinajstić information content (AvgIpc) is 1.96. The van der Waals surface area contributed by atoms with Crippen LogP contribution in [-0.2, 0) is 9.53 Å². The average molecular weight is 143 g/mol. The maximum Gasteiger partial charge on any atom is 0.175 e. The van der Waals surface area contributed by atoms with Gasteiger partial charge < -0.3 is 4.74 Å². The summed E-state index contributed by atoms with van der Waals surface area (Å²) in [6, 6.07) is 0. The van der Waals surface area contributed by atoms with Gasteiger partial charge in [0, 0.05) is 6.54 Å². The van der Waals surface area contributed by atoms with Crippen LogP contribution >= 0.6 is 0 Å². The Kier molecular flexibility index (Phi) is 2.40. The van der Waals surface area contributed by atoms with E-state index in [1.807, 2.05) is 18.9 Å². The Labute approximate surface area is 61.0 Å². The molecule has 3 heteroatoms. The zero-order valence-electron chi connectivity index (χ0n) is 6.46. The lowest BCUT2D eigenvalue weighted by Crippen LogP contribution is -2.28. The Hall–Kier alpha value is -0.410. The minimum atomic E-state index is -0.204. The van der Waals surface area contributed by atoms with Crippen LogP contribution in [0, 0.1) is 0 Å². The second-order valence-electron chi connectivity index (χ2n) is 2.72. The van der Waals surface area contributed by atoms with Crippen LogP contribution in [0.1, 0.15) is 6.92 Å². The molecule has 0 amide bonds. The number of ether oxygens (including phenoxy) is 1. The highest BCUT2D eigenvalue weighted by Gasteiger charge is 2.18. The molecule has 58 valence electrons. The number of likely N-dealkylation sites (N-methyl/N-ethyl adjacent to an activating group) is 1. The lowest BCUT2D eigenvalue weighted by Gasteiger charge is -2.09. The van der Waals surface area contributed by atoms with Crippen molar-refractivity contribution in [2.45, 2.75) is 13.0 Å². The zero-order chi connectivity index (χ0) is 7.56. The summed E-state index contributed by atoms with van der Waals surface area (Å²) >= 11 is 0. The van der Waals surface area contributed by atoms with E-state index < -0.39 is 0 Å². The molecule has 0 aliphatic carbocycles. The molecule has 0 radical (unpaired) electrons. The molecule has 0 aromatic heterocycles. The molecule has 1 rings (SSSR count). The van der Waals surface area contributed by atoms with Crippen molar-refractivity contribution in [3.05, 3.63) is 0 Å². The van der Waals surface area contributed by atoms with E-state index in [1.165, 1.54) is 0 Å². The Morgan fingerprint density at radius 2 is 2.40 bits per heavy atom. The van der Waals surface area contributed by atoms with E-state index in [2.05, 4.69) is 0 Å². The summed E-state index contributed by atoms with van der Waals surface area (Å²) in [6.07, 6.45) is -0.204. The van der Waals surface area contributed by atoms with E-state index in [4.69, 9.17) is 4.74 Å². The highest BCUT2D eigenvalue weighted by Crippen LogP contribution is 1.99. The summed E-state index contributed by atoms with van der Waals surface area (Å²) in [5.74, 6) is 0.181. The lowest BCUT2D eigenvalue weighted by atomic mass is 10.2. The third kappa shape index (κ3) is 1.78. The monoisotopic (exact) mass is 143 g/mol. The molecule has 0 spiro atoms. The van der Waals surface area contributed by atoms with Crippen LogP contribution in [0.4, 0.5) is 0 Å². The second-order valence-corrected chi connectivity index (χ2v) is 2.72. The van der Waals surface area contributed by atoms with Crippen LogP contribution in [0.2, 0.25) is 0 Å². The minimum Gasteiger partial charge on any atom is -0.369 e. The van der Waals surface area contributed by atoms with E-state index in [0.29, 0.717) is 13.2 Å². The molecule has 1 heterocycles. The van der Waals surface area contributed by atoms with Gasteiger partial charge in [0.05, 0.1) is 13.2 Å². The molecule has 1 aliphatic rings. The molecule has 1 unspecified atom stereocenters. The van der Waals surface area contributed by atoms with Gasteiger partial charge in [-0.1, -0.05) is 0 Å². The van der Waals surface area contributed by atoms with Gasteiger partial charge in [-0.05, 0) is 14.0 Å². The van der Waals surface area contributed by atoms with Gasteiger partial charge in [0.2, 0.25) is 0 Å². The normalized spacial score (nSPS) is 30.2. The van der Waals surface area contributed by atoms with Gasteiger partial charge in [-0.3, -0.25) is 9.69 Å². The van der Waals surface area contributed by atoms with Crippen molar-refractivity contribution in [3.8, 4) is 0 Å². The van der Waals surface area contributed by atoms with Crippen LogP contribution in [0.3, 0.4) is 0 Å². The van der Waals surface area contributed by atoms with E-state index in [1.54, 1.807) is 0 Å². The first kappa shape index (κ1) is 7.69. The van der Waals surface area contributed by atoms with Crippen molar-refractivity contribution < 1.29 is 9.53 Å². The van der Waals surface area contributed by atoms with Crippen LogP contribution in [-0.4, -0.2) is 43.5 Å². The zero-order valence-corrected chi connectivity index (χ0v) is 6.46. The SMILES string of the molecule is CC1OCCN(C)CC1=O. The van der Waals surface area contributed by atoms with Crippen molar-refractivity contribution in [2.24, 2.45) is 0 Å². The number of nitrogens with zero attached hydrogens (tertiary/aromatic N) is 1. The first-order valence-corrected chi connectivity index (χ1v) is 3.53. The second kappa shape index (κ2) is 3.12. The highest BCUT2D eigenvalue weighted by atomic mass is 16.5. The maximum atomic E-state index is 11.1. The molecular weight excluding hydrogens is 130 g/mol. The van der Waals surface area contributed by atoms with E-state index in [-0.39, 0.29) is 11.9 Å². The lowest BCUT2D eigenvalue weighted by molar-refractivity contribution is -0.127. The quantitative estimate of drug-likeness (QED) is 0.474. The van der Waals surface area contributed by atoms with Crippen LogP contribution in [0.25, 0.3) is 0 Å². The topological polar surface area (TPSA) is 29.5 Å². The van der Waals surface area contributed by atoms with Crippen LogP contribution < -0.4 is 0 Å². The summed E-state index contributed by atoms with van der Waals surface area (Å²) in [5.41, 5.74) is 0. The molecule has 0 bridgehead atoms. The molecule has 1 atom stereocenters. The molecule has 1 fully saturated rings. The third-order valence-corrected chi connectivity index (χ3v) is 1.72. The first-order chi connectivity index (χ1) is 4.70. The van der Waals surface area contributed by atoms with Gasteiger partial charge in [-0.15, -0.1) is 0 Å². The van der Waals surface area contributed by atoms with Crippen molar-refractivity contribution in [2.75, 3.05) is 26.7 Å². The highest BCUT2D eigenvalue weighted by molar-refractivity contribution is 5.84. The summed E-state index contributed by atoms with van der Waals surface area (Å²) in [6.45, 7) is 3.86. The number of Topliss-reactive ketones (excluding diaryl/α,β-unsaturated/α-hetero) is 1. The molecule has 1 saturated heterocycles. The van der Waals surface area contributed by atoms with Crippen LogP contribution in [0.5, 0.6) is 0 Å². The number of carbonyl (C=O) groups is 1. The molecule has 0 aromatic carbocycles. The number of rotatable bonds is 0. The number of hydrogen-bond donors (Lipinski definition) is 0. The fourth-order valence-corrected chi connectivity index (χ4v) is 0.952. The Balaban J connectivity index is 2.49. The van der Waals surface area contributed by atoms with Crippen molar-refractivity contribution in [3.63, 3.8) is 0 Å². The van der Waals surface area contributed by atoms with Gasteiger partial charge >= 0.3 is 0 Å². The van der Waals surface area contributed by atoms with E-state index >= 15 is 0 Å². The fourth-order valence-electron chi connectivity index (χ4n) is 0.952. The fraction of sp³-hybridized carbons (Fsp3) is 0.857. The standard InChI is InChI=1S/C7H13NO2/c1-6-7(9)5-8(2)3-4-10-6/h6H,3-5H2,1-2H3. The van der Waals surface area contributed by atoms with E-state index in [9.17, 15) is 4.79 Å². The predicted octanol–water partition coefficient (Wildman–Crippen LogP) is -0.0940. The smallest absolute Gasteiger partial charge is 0.175 e. The maximum absolute atomic E-state index is 11.1. The number of hydrogen-bond acceptors (Lipinski definition) is 3. The van der Waals surface area contributed by atoms with Gasteiger partial charge in [-0.25, -0.2) is 0 Å². The summed E-state index contributed by atoms with van der Waals surface area (Å²) < 4.78 is 5.19. The van der Waals surface area contributed by atoms with Gasteiger partial charge in [-0.2, -0.15) is 0 Å². The largest absolute Gasteiger partial charge is 0.369 e. The molecule has 1 aliphatic heterocycles. The van der Waals surface area contributed by atoms with Gasteiger partial charge in [0.25, 0.3) is 0 Å². The van der Waals surface area contributed by atoms with E-state index in [0.717, 1.165) is 6.54 Å². The summed E-state index contributed by atoms with van der Waals surface area (Å²) in [5, 5.41) is 0. The van der Waals surface area contributed by atoms with Gasteiger partial charge in [0.1, 0.15) is 6.10 Å². The van der Waals surface area contributed by atoms with Crippen LogP contribution in [0.15, 0.2) is 0 Å². The van der Waals surface area contributed by atoms with Crippen molar-refractivity contribution >= 4 is 5.78 Å². The van der Waals surface area contributed by atoms with Crippen molar-refractivity contribution in [1.29, 1.82) is 0 Å². The van der Waals surface area contributed by atoms with Gasteiger partial charge in [0.15, 0.2) is 5.78 Å². The Morgan fingerprint density at radius 3 is 3.10 bits per heavy atom. The Bertz CT molecular complexity index is 136. The molecular formula is C7H13NO2. The third-order valence-electron chi connectivity index (χ3n) is 1.72. The molecule has 3 nitrogen and oxygen atoms in total. The predicted molar refractivity (Wildman–Crippen MR) is 37.9 cm³/mol. The molecule has 0 saturated carbocycles. The number of carbonyl (C=O) groups excluding carboxylic acids is 1. The number of ketones is 1. The Morgan fingerprint density at radius 1 is 1.70 bits per heavy atom. The molecule has 0 aromatic rings. The molecule has 0 N–H and O–H groups in total. The first-order valence-electron chi connectivity index (χ1n) is 3.53. The summed E-state index contributed by atoms with van der Waals surface area (Å²) in [7, 11) is 1.93.